The van der Waals surface area contributed by atoms with Gasteiger partial charge >= 0.3 is 0 Å². The number of nitrogens with one attached hydrogen (secondary N) is 1. The van der Waals surface area contributed by atoms with E-state index in [-0.39, 0.29) is 12.6 Å². The van der Waals surface area contributed by atoms with E-state index in [0.29, 0.717) is 18.2 Å². The van der Waals surface area contributed by atoms with Crippen LogP contribution in [0.1, 0.15) is 27.7 Å². The highest BCUT2D eigenvalue weighted by atomic mass is 16.5. The minimum absolute atomic E-state index is 0.164. The molecule has 0 aliphatic carbocycles. The predicted octanol–water partition coefficient (Wildman–Crippen LogP) is 0.455. The standard InChI is InChI=1S/C12H26N2O2/c1-9(2)13-12(8-15)7-14-5-10(3)16-11(4)6-14/h9-13,15H,5-8H2,1-4H3. The first-order valence-corrected chi connectivity index (χ1v) is 6.26. The summed E-state index contributed by atoms with van der Waals surface area (Å²) in [6.07, 6.45) is 0.587. The fourth-order valence-electron chi connectivity index (χ4n) is 2.38. The molecule has 96 valence electrons. The Balaban J connectivity index is 2.38. The molecule has 1 aliphatic heterocycles. The molecule has 0 aromatic heterocycles. The van der Waals surface area contributed by atoms with E-state index < -0.39 is 0 Å². The van der Waals surface area contributed by atoms with Crippen molar-refractivity contribution in [3.8, 4) is 0 Å². The third-order valence-corrected chi connectivity index (χ3v) is 2.76. The summed E-state index contributed by atoms with van der Waals surface area (Å²) >= 11 is 0. The van der Waals surface area contributed by atoms with Gasteiger partial charge in [-0.15, -0.1) is 0 Å². The maximum Gasteiger partial charge on any atom is 0.0678 e. The van der Waals surface area contributed by atoms with Crippen molar-refractivity contribution in [2.24, 2.45) is 0 Å². The molecule has 0 saturated carbocycles. The molecule has 1 aliphatic rings. The summed E-state index contributed by atoms with van der Waals surface area (Å²) < 4.78 is 5.69. The minimum Gasteiger partial charge on any atom is -0.395 e. The van der Waals surface area contributed by atoms with E-state index in [4.69, 9.17) is 4.74 Å². The second kappa shape index (κ2) is 6.55. The number of aliphatic hydroxyl groups is 1. The molecule has 1 rings (SSSR count). The molecule has 1 heterocycles. The van der Waals surface area contributed by atoms with Gasteiger partial charge in [0.1, 0.15) is 0 Å². The molecule has 0 radical (unpaired) electrons. The molecule has 3 unspecified atom stereocenters. The van der Waals surface area contributed by atoms with Crippen LogP contribution in [0.4, 0.5) is 0 Å². The lowest BCUT2D eigenvalue weighted by atomic mass is 10.2. The Kier molecular flexibility index (Phi) is 5.69. The number of nitrogens with zero attached hydrogens (tertiary/aromatic N) is 1. The molecule has 3 atom stereocenters. The number of morpholine rings is 1. The van der Waals surface area contributed by atoms with Gasteiger partial charge in [-0.3, -0.25) is 4.90 Å². The van der Waals surface area contributed by atoms with E-state index in [0.717, 1.165) is 19.6 Å². The smallest absolute Gasteiger partial charge is 0.0678 e. The van der Waals surface area contributed by atoms with Crippen LogP contribution in [0.25, 0.3) is 0 Å². The Morgan fingerprint density at radius 2 is 1.88 bits per heavy atom. The first-order valence-electron chi connectivity index (χ1n) is 6.26. The van der Waals surface area contributed by atoms with Crippen LogP contribution in [0.5, 0.6) is 0 Å². The summed E-state index contributed by atoms with van der Waals surface area (Å²) in [4.78, 5) is 2.37. The number of ether oxygens (including phenoxy) is 1. The summed E-state index contributed by atoms with van der Waals surface area (Å²) in [5.41, 5.74) is 0. The van der Waals surface area contributed by atoms with Crippen molar-refractivity contribution in [1.29, 1.82) is 0 Å². The summed E-state index contributed by atoms with van der Waals surface area (Å²) in [6.45, 7) is 11.4. The zero-order valence-electron chi connectivity index (χ0n) is 10.9. The van der Waals surface area contributed by atoms with Gasteiger partial charge in [0.25, 0.3) is 0 Å². The van der Waals surface area contributed by atoms with Crippen molar-refractivity contribution in [2.75, 3.05) is 26.2 Å². The van der Waals surface area contributed by atoms with Crippen molar-refractivity contribution in [3.63, 3.8) is 0 Å². The molecule has 2 N–H and O–H groups in total. The van der Waals surface area contributed by atoms with Crippen molar-refractivity contribution in [3.05, 3.63) is 0 Å². The third-order valence-electron chi connectivity index (χ3n) is 2.76. The molecular weight excluding hydrogens is 204 g/mol. The Morgan fingerprint density at radius 1 is 1.31 bits per heavy atom. The zero-order valence-corrected chi connectivity index (χ0v) is 10.9. The average Bonchev–Trinajstić information content (AvgIpc) is 2.14. The van der Waals surface area contributed by atoms with E-state index in [1.165, 1.54) is 0 Å². The lowest BCUT2D eigenvalue weighted by molar-refractivity contribution is -0.0711. The molecule has 1 fully saturated rings. The van der Waals surface area contributed by atoms with Crippen LogP contribution in [0, 0.1) is 0 Å². The van der Waals surface area contributed by atoms with Gasteiger partial charge in [-0.25, -0.2) is 0 Å². The van der Waals surface area contributed by atoms with Crippen LogP contribution >= 0.6 is 0 Å². The monoisotopic (exact) mass is 230 g/mol. The number of hydrogen-bond donors (Lipinski definition) is 2. The summed E-state index contributed by atoms with van der Waals surface area (Å²) in [7, 11) is 0. The van der Waals surface area contributed by atoms with Gasteiger partial charge in [-0.2, -0.15) is 0 Å². The van der Waals surface area contributed by atoms with E-state index in [2.05, 4.69) is 37.9 Å². The molecule has 0 aromatic carbocycles. The highest BCUT2D eigenvalue weighted by Crippen LogP contribution is 2.10. The molecule has 4 heteroatoms. The average molecular weight is 230 g/mol. The fourth-order valence-corrected chi connectivity index (χ4v) is 2.38. The molecule has 1 saturated heterocycles. The Hall–Kier alpha value is -0.160. The van der Waals surface area contributed by atoms with Gasteiger partial charge in [0, 0.05) is 31.7 Å². The van der Waals surface area contributed by atoms with E-state index in [1.54, 1.807) is 0 Å². The maximum atomic E-state index is 9.32. The van der Waals surface area contributed by atoms with Crippen LogP contribution < -0.4 is 5.32 Å². The van der Waals surface area contributed by atoms with Crippen LogP contribution in [0.3, 0.4) is 0 Å². The van der Waals surface area contributed by atoms with Gasteiger partial charge in [0.05, 0.1) is 18.8 Å². The molecular formula is C12H26N2O2. The molecule has 0 amide bonds. The number of aliphatic hydroxyl groups excluding tert-OH is 1. The first-order chi connectivity index (χ1) is 7.51. The van der Waals surface area contributed by atoms with Crippen molar-refractivity contribution in [2.45, 2.75) is 52.0 Å². The van der Waals surface area contributed by atoms with Crippen LogP contribution in [0.2, 0.25) is 0 Å². The number of hydrogen-bond acceptors (Lipinski definition) is 4. The van der Waals surface area contributed by atoms with Crippen molar-refractivity contribution < 1.29 is 9.84 Å². The Morgan fingerprint density at radius 3 is 2.31 bits per heavy atom. The maximum absolute atomic E-state index is 9.32. The third kappa shape index (κ3) is 4.78. The predicted molar refractivity (Wildman–Crippen MR) is 65.6 cm³/mol. The van der Waals surface area contributed by atoms with Gasteiger partial charge in [0.15, 0.2) is 0 Å². The Bertz CT molecular complexity index is 189. The quantitative estimate of drug-likeness (QED) is 0.720. The highest BCUT2D eigenvalue weighted by molar-refractivity contribution is 4.79. The minimum atomic E-state index is 0.164. The van der Waals surface area contributed by atoms with E-state index >= 15 is 0 Å². The molecule has 4 nitrogen and oxygen atoms in total. The van der Waals surface area contributed by atoms with Crippen molar-refractivity contribution >= 4 is 0 Å². The lowest BCUT2D eigenvalue weighted by Gasteiger charge is -2.37. The summed E-state index contributed by atoms with van der Waals surface area (Å²) in [5.74, 6) is 0. The topological polar surface area (TPSA) is 44.7 Å². The second-order valence-electron chi connectivity index (χ2n) is 5.18. The van der Waals surface area contributed by atoms with Gasteiger partial charge in [-0.1, -0.05) is 13.8 Å². The van der Waals surface area contributed by atoms with E-state index in [1.807, 2.05) is 0 Å². The lowest BCUT2D eigenvalue weighted by Crippen LogP contribution is -2.52. The molecule has 0 spiro atoms. The van der Waals surface area contributed by atoms with E-state index in [9.17, 15) is 5.11 Å². The van der Waals surface area contributed by atoms with Crippen LogP contribution in [-0.4, -0.2) is 60.5 Å². The van der Waals surface area contributed by atoms with Crippen molar-refractivity contribution in [1.82, 2.24) is 10.2 Å². The second-order valence-corrected chi connectivity index (χ2v) is 5.18. The Labute approximate surface area is 99.0 Å². The largest absolute Gasteiger partial charge is 0.395 e. The SMILES string of the molecule is CC(C)NC(CO)CN1CC(C)OC(C)C1. The molecule has 16 heavy (non-hydrogen) atoms. The van der Waals surface area contributed by atoms with Crippen LogP contribution in [0.15, 0.2) is 0 Å². The van der Waals surface area contributed by atoms with Gasteiger partial charge in [-0.05, 0) is 13.8 Å². The van der Waals surface area contributed by atoms with Gasteiger partial charge < -0.3 is 15.2 Å². The summed E-state index contributed by atoms with van der Waals surface area (Å²) in [6, 6.07) is 0.575. The molecule has 0 aromatic rings. The zero-order chi connectivity index (χ0) is 12.1. The van der Waals surface area contributed by atoms with Gasteiger partial charge in [0.2, 0.25) is 0 Å². The normalized spacial score (nSPS) is 29.6. The number of rotatable bonds is 5. The fraction of sp³-hybridized carbons (Fsp3) is 1.00. The highest BCUT2D eigenvalue weighted by Gasteiger charge is 2.24. The molecule has 0 bridgehead atoms. The van der Waals surface area contributed by atoms with Crippen LogP contribution in [-0.2, 0) is 4.74 Å². The first kappa shape index (κ1) is 13.9. The summed E-state index contributed by atoms with van der Waals surface area (Å²) in [5, 5.41) is 12.7.